The van der Waals surface area contributed by atoms with Crippen molar-refractivity contribution in [1.82, 2.24) is 20.3 Å². The molecule has 0 spiro atoms. The molecule has 40 heavy (non-hydrogen) atoms. The molecule has 5 rings (SSSR count). The molecule has 0 bridgehead atoms. The number of rotatable bonds is 10. The summed E-state index contributed by atoms with van der Waals surface area (Å²) in [6.07, 6.45) is 9.27. The van der Waals surface area contributed by atoms with Crippen LogP contribution in [0.1, 0.15) is 17.4 Å². The van der Waals surface area contributed by atoms with Gasteiger partial charge in [-0.15, -0.1) is 0 Å². The third-order valence-electron chi connectivity index (χ3n) is 5.87. The highest BCUT2D eigenvalue weighted by Gasteiger charge is 2.19. The number of allylic oxidation sites excluding steroid dienone is 1. The van der Waals surface area contributed by atoms with Crippen molar-refractivity contribution in [3.63, 3.8) is 0 Å². The third-order valence-corrected chi connectivity index (χ3v) is 7.66. The van der Waals surface area contributed by atoms with E-state index in [1.807, 2.05) is 42.5 Å². The Balaban J connectivity index is 1.27. The van der Waals surface area contributed by atoms with Gasteiger partial charge in [-0.25, -0.2) is 22.8 Å². The molecule has 12 heteroatoms. The summed E-state index contributed by atoms with van der Waals surface area (Å²) in [5.41, 5.74) is 2.91. The maximum Gasteiger partial charge on any atom is 0.159 e. The van der Waals surface area contributed by atoms with E-state index in [1.54, 1.807) is 18.5 Å². The van der Waals surface area contributed by atoms with Gasteiger partial charge in [0.2, 0.25) is 0 Å². The first-order chi connectivity index (χ1) is 19.2. The zero-order chi connectivity index (χ0) is 28.1. The van der Waals surface area contributed by atoms with E-state index in [9.17, 15) is 12.8 Å². The molecule has 0 saturated carbocycles. The number of hydrogen-bond acceptors (Lipinski definition) is 9. The summed E-state index contributed by atoms with van der Waals surface area (Å²) >= 11 is 2.20. The van der Waals surface area contributed by atoms with Gasteiger partial charge in [0.05, 0.1) is 26.7 Å². The Morgan fingerprint density at radius 1 is 1.15 bits per heavy atom. The highest BCUT2D eigenvalue weighted by Crippen LogP contribution is 2.32. The normalized spacial score (nSPS) is 15.8. The number of nitrogens with zero attached hydrogens (tertiary/aromatic N) is 3. The average Bonchev–Trinajstić information content (AvgIpc) is 3.39. The summed E-state index contributed by atoms with van der Waals surface area (Å²) in [6.45, 7) is 0.558. The fourth-order valence-corrected chi connectivity index (χ4v) is 5.08. The first-order valence-corrected chi connectivity index (χ1v) is 15.4. The predicted octanol–water partition coefficient (Wildman–Crippen LogP) is 5.19. The van der Waals surface area contributed by atoms with E-state index >= 15 is 0 Å². The van der Waals surface area contributed by atoms with Crippen LogP contribution < -0.4 is 15.4 Å². The lowest BCUT2D eigenvalue weighted by Gasteiger charge is -2.14. The van der Waals surface area contributed by atoms with Crippen LogP contribution in [0.15, 0.2) is 85.2 Å². The molecule has 1 atom stereocenters. The number of anilines is 2. The molecule has 0 aliphatic carbocycles. The summed E-state index contributed by atoms with van der Waals surface area (Å²) in [7, 11) is -3.04. The quantitative estimate of drug-likeness (QED) is 0.173. The number of sulfone groups is 1. The number of pyridine rings is 1. The fourth-order valence-electron chi connectivity index (χ4n) is 3.92. The molecule has 3 heterocycles. The van der Waals surface area contributed by atoms with Gasteiger partial charge in [0.15, 0.2) is 6.10 Å². The summed E-state index contributed by atoms with van der Waals surface area (Å²) in [4.78, 5) is 13.3. The van der Waals surface area contributed by atoms with Crippen LogP contribution in [0.4, 0.5) is 15.9 Å². The SMILES string of the molecule is CS(=O)(=O)CCNC=C1C=CC(c2cc3c(Nc4ccc(OCc5cccc(F)c5)c(I)c4)ncnc3cn2)O1. The lowest BCUT2D eigenvalue weighted by atomic mass is 10.1. The van der Waals surface area contributed by atoms with Crippen LogP contribution in [-0.4, -0.2) is 41.9 Å². The van der Waals surface area contributed by atoms with Gasteiger partial charge < -0.3 is 20.1 Å². The van der Waals surface area contributed by atoms with Crippen LogP contribution in [0, 0.1) is 9.39 Å². The summed E-state index contributed by atoms with van der Waals surface area (Å²) in [5.74, 6) is 1.62. The second-order valence-corrected chi connectivity index (χ2v) is 12.5. The standard InChI is InChI=1S/C28H25FIN5O4S/c1-40(36,37)10-9-31-14-21-6-8-27(39-21)24-13-22-25(15-32-24)33-17-34-28(22)35-20-5-7-26(23(30)12-20)38-16-18-3-2-4-19(29)11-18/h2-8,11-15,17,27,31H,9-10,16H2,1H3,(H,33,34,35). The zero-order valence-corrected chi connectivity index (χ0v) is 24.3. The van der Waals surface area contributed by atoms with Crippen LogP contribution in [0.3, 0.4) is 0 Å². The van der Waals surface area contributed by atoms with Gasteiger partial charge >= 0.3 is 0 Å². The lowest BCUT2D eigenvalue weighted by Crippen LogP contribution is -2.18. The van der Waals surface area contributed by atoms with Crippen LogP contribution in [0.2, 0.25) is 0 Å². The Morgan fingerprint density at radius 3 is 2.83 bits per heavy atom. The second-order valence-electron chi connectivity index (χ2n) is 9.07. The smallest absolute Gasteiger partial charge is 0.159 e. The van der Waals surface area contributed by atoms with Crippen LogP contribution in [0.5, 0.6) is 5.75 Å². The van der Waals surface area contributed by atoms with E-state index in [4.69, 9.17) is 9.47 Å². The van der Waals surface area contributed by atoms with Crippen molar-refractivity contribution in [2.45, 2.75) is 12.7 Å². The molecular weight excluding hydrogens is 648 g/mol. The van der Waals surface area contributed by atoms with Gasteiger partial charge in [-0.3, -0.25) is 4.98 Å². The minimum absolute atomic E-state index is 0.0373. The molecule has 206 valence electrons. The van der Waals surface area contributed by atoms with Crippen molar-refractivity contribution in [3.05, 3.63) is 106 Å². The molecule has 2 aromatic heterocycles. The van der Waals surface area contributed by atoms with E-state index in [-0.39, 0.29) is 18.2 Å². The molecule has 2 N–H and O–H groups in total. The molecule has 9 nitrogen and oxygen atoms in total. The van der Waals surface area contributed by atoms with Gasteiger partial charge in [0.1, 0.15) is 45.9 Å². The molecular formula is C28H25FIN5O4S. The zero-order valence-electron chi connectivity index (χ0n) is 21.3. The van der Waals surface area contributed by atoms with E-state index < -0.39 is 15.9 Å². The van der Waals surface area contributed by atoms with Crippen molar-refractivity contribution >= 4 is 54.8 Å². The van der Waals surface area contributed by atoms with Crippen molar-refractivity contribution in [3.8, 4) is 5.75 Å². The summed E-state index contributed by atoms with van der Waals surface area (Å²) < 4.78 is 48.7. The van der Waals surface area contributed by atoms with Gasteiger partial charge in [-0.05, 0) is 76.7 Å². The number of halogens is 2. The number of benzene rings is 2. The first-order valence-electron chi connectivity index (χ1n) is 12.2. The summed E-state index contributed by atoms with van der Waals surface area (Å²) in [6, 6.07) is 13.9. The molecule has 0 fully saturated rings. The Labute approximate surface area is 244 Å². The second kappa shape index (κ2) is 12.2. The highest BCUT2D eigenvalue weighted by molar-refractivity contribution is 14.1. The van der Waals surface area contributed by atoms with Crippen LogP contribution in [-0.2, 0) is 21.2 Å². The third kappa shape index (κ3) is 7.24. The van der Waals surface area contributed by atoms with Crippen molar-refractivity contribution in [2.24, 2.45) is 0 Å². The molecule has 0 radical (unpaired) electrons. The number of ether oxygens (including phenoxy) is 2. The maximum absolute atomic E-state index is 13.5. The lowest BCUT2D eigenvalue weighted by molar-refractivity contribution is 0.179. The van der Waals surface area contributed by atoms with Crippen molar-refractivity contribution in [2.75, 3.05) is 23.9 Å². The van der Waals surface area contributed by atoms with Crippen LogP contribution in [0.25, 0.3) is 10.9 Å². The van der Waals surface area contributed by atoms with Gasteiger partial charge in [0, 0.05) is 30.1 Å². The van der Waals surface area contributed by atoms with E-state index in [0.29, 0.717) is 35.1 Å². The van der Waals surface area contributed by atoms with E-state index in [0.717, 1.165) is 20.2 Å². The molecule has 1 aliphatic heterocycles. The largest absolute Gasteiger partial charge is 0.488 e. The Morgan fingerprint density at radius 2 is 2.02 bits per heavy atom. The maximum atomic E-state index is 13.5. The van der Waals surface area contributed by atoms with Crippen molar-refractivity contribution < 1.29 is 22.3 Å². The Kier molecular flexibility index (Phi) is 8.45. The first kappa shape index (κ1) is 27.8. The molecule has 0 amide bonds. The predicted molar refractivity (Wildman–Crippen MR) is 159 cm³/mol. The molecule has 2 aromatic carbocycles. The number of aromatic nitrogens is 3. The average molecular weight is 674 g/mol. The molecule has 4 aromatic rings. The highest BCUT2D eigenvalue weighted by atomic mass is 127. The minimum atomic E-state index is -3.04. The molecule has 0 saturated heterocycles. The van der Waals surface area contributed by atoms with Gasteiger partial charge in [0.25, 0.3) is 0 Å². The van der Waals surface area contributed by atoms with Gasteiger partial charge in [-0.2, -0.15) is 0 Å². The van der Waals surface area contributed by atoms with Crippen LogP contribution >= 0.6 is 22.6 Å². The van der Waals surface area contributed by atoms with Crippen molar-refractivity contribution in [1.29, 1.82) is 0 Å². The topological polar surface area (TPSA) is 115 Å². The number of nitrogens with one attached hydrogen (secondary N) is 2. The Hall–Kier alpha value is -3.78. The fraction of sp³-hybridized carbons (Fsp3) is 0.179. The molecule has 1 aliphatic rings. The minimum Gasteiger partial charge on any atom is -0.488 e. The number of fused-ring (bicyclic) bond motifs is 1. The van der Waals surface area contributed by atoms with E-state index in [2.05, 4.69) is 48.2 Å². The monoisotopic (exact) mass is 673 g/mol. The summed E-state index contributed by atoms with van der Waals surface area (Å²) in [5, 5.41) is 7.08. The molecule has 1 unspecified atom stereocenters. The van der Waals surface area contributed by atoms with E-state index in [1.165, 1.54) is 24.7 Å². The number of hydrogen-bond donors (Lipinski definition) is 2. The van der Waals surface area contributed by atoms with Gasteiger partial charge in [-0.1, -0.05) is 12.1 Å². The Bertz CT molecular complexity index is 1710.